The van der Waals surface area contributed by atoms with E-state index in [1.807, 2.05) is 0 Å². The topological polar surface area (TPSA) is 4.93 Å². The third-order valence-corrected chi connectivity index (χ3v) is 4.86. The zero-order chi connectivity index (χ0) is 14.4. The summed E-state index contributed by atoms with van der Waals surface area (Å²) in [5.74, 6) is 0.391. The van der Waals surface area contributed by atoms with Gasteiger partial charge in [0, 0.05) is 24.0 Å². The lowest BCUT2D eigenvalue weighted by molar-refractivity contribution is 0.905. The first-order valence-electron chi connectivity index (χ1n) is 7.56. The van der Waals surface area contributed by atoms with Gasteiger partial charge in [-0.25, -0.2) is 0 Å². The smallest absolute Gasteiger partial charge is 0.0470 e. The molecule has 0 saturated carbocycles. The first kappa shape index (κ1) is 12.5. The van der Waals surface area contributed by atoms with Crippen molar-refractivity contribution in [3.8, 4) is 0 Å². The maximum Gasteiger partial charge on any atom is 0.0470 e. The number of nitrogens with zero attached hydrogens (tertiary/aromatic N) is 1. The van der Waals surface area contributed by atoms with Crippen molar-refractivity contribution >= 4 is 11.8 Å². The third-order valence-electron chi connectivity index (χ3n) is 4.86. The van der Waals surface area contributed by atoms with Gasteiger partial charge in [0.2, 0.25) is 0 Å². The minimum atomic E-state index is 0.391. The number of benzene rings is 1. The van der Waals surface area contributed by atoms with Crippen LogP contribution in [-0.2, 0) is 0 Å². The Labute approximate surface area is 125 Å². The number of aromatic nitrogens is 1. The van der Waals surface area contributed by atoms with Gasteiger partial charge in [0.05, 0.1) is 0 Å². The quantitative estimate of drug-likeness (QED) is 0.704. The minimum Gasteiger partial charge on any atom is -0.327 e. The lowest BCUT2D eigenvalue weighted by Crippen LogP contribution is -2.06. The largest absolute Gasteiger partial charge is 0.327 e. The lowest BCUT2D eigenvalue weighted by Gasteiger charge is -2.21. The van der Waals surface area contributed by atoms with Crippen molar-refractivity contribution in [3.63, 3.8) is 0 Å². The molecule has 0 N–H and O–H groups in total. The summed E-state index contributed by atoms with van der Waals surface area (Å²) in [7, 11) is 0. The molecule has 104 valence electrons. The maximum atomic E-state index is 2.36. The molecule has 2 aliphatic rings. The Morgan fingerprint density at radius 3 is 2.48 bits per heavy atom. The van der Waals surface area contributed by atoms with Crippen LogP contribution in [0.1, 0.15) is 37.3 Å². The molecule has 0 bridgehead atoms. The summed E-state index contributed by atoms with van der Waals surface area (Å²) in [6.07, 6.45) is 10.1. The Hall–Kier alpha value is -2.28. The highest BCUT2D eigenvalue weighted by Crippen LogP contribution is 2.47. The van der Waals surface area contributed by atoms with E-state index >= 15 is 0 Å². The average molecular weight is 273 g/mol. The third kappa shape index (κ3) is 1.84. The Kier molecular flexibility index (Phi) is 2.75. The van der Waals surface area contributed by atoms with E-state index in [1.54, 1.807) is 5.57 Å². The minimum absolute atomic E-state index is 0.391. The van der Waals surface area contributed by atoms with Gasteiger partial charge in [-0.1, -0.05) is 35.9 Å². The highest BCUT2D eigenvalue weighted by molar-refractivity contribution is 5.86. The van der Waals surface area contributed by atoms with E-state index in [-0.39, 0.29) is 0 Å². The number of rotatable bonds is 2. The van der Waals surface area contributed by atoms with Gasteiger partial charge in [0.15, 0.2) is 0 Å². The van der Waals surface area contributed by atoms with E-state index in [4.69, 9.17) is 0 Å². The van der Waals surface area contributed by atoms with E-state index in [0.717, 1.165) is 6.42 Å². The lowest BCUT2D eigenvalue weighted by atomic mass is 9.88. The number of hydrogen-bond donors (Lipinski definition) is 0. The highest BCUT2D eigenvalue weighted by atomic mass is 15.0. The molecular formula is C20H19N. The van der Waals surface area contributed by atoms with E-state index in [1.165, 1.54) is 28.0 Å². The van der Waals surface area contributed by atoms with Crippen molar-refractivity contribution < 1.29 is 0 Å². The summed E-state index contributed by atoms with van der Waals surface area (Å²) in [5.41, 5.74) is 8.63. The van der Waals surface area contributed by atoms with Gasteiger partial charge in [-0.3, -0.25) is 0 Å². The summed E-state index contributed by atoms with van der Waals surface area (Å²) in [6, 6.07) is 13.0. The molecular weight excluding hydrogens is 254 g/mol. The molecule has 1 aromatic carbocycles. The predicted octanol–water partition coefficient (Wildman–Crippen LogP) is 5.25. The van der Waals surface area contributed by atoms with Crippen LogP contribution >= 0.6 is 0 Å². The van der Waals surface area contributed by atoms with E-state index in [9.17, 15) is 0 Å². The standard InChI is InChI=1S/C20H19N/c1-14-9-10-17(15(14)2)20-18-8-4-3-7-16(18)13-19(20)21-11-5-6-12-21/h3-9,11-13,20H,10H2,1-2H3. The van der Waals surface area contributed by atoms with Crippen LogP contribution in [0, 0.1) is 0 Å². The fourth-order valence-electron chi connectivity index (χ4n) is 3.56. The van der Waals surface area contributed by atoms with Crippen LogP contribution in [0.5, 0.6) is 0 Å². The molecule has 1 aromatic heterocycles. The van der Waals surface area contributed by atoms with Gasteiger partial charge in [0.1, 0.15) is 0 Å². The van der Waals surface area contributed by atoms with Gasteiger partial charge >= 0.3 is 0 Å². The highest BCUT2D eigenvalue weighted by Gasteiger charge is 2.31. The van der Waals surface area contributed by atoms with Crippen LogP contribution < -0.4 is 0 Å². The molecule has 21 heavy (non-hydrogen) atoms. The molecule has 0 spiro atoms. The van der Waals surface area contributed by atoms with Crippen LogP contribution in [0.15, 0.2) is 71.6 Å². The van der Waals surface area contributed by atoms with Gasteiger partial charge < -0.3 is 4.57 Å². The normalized spacial score (nSPS) is 20.6. The Balaban J connectivity index is 1.89. The molecule has 1 heteroatoms. The second-order valence-corrected chi connectivity index (χ2v) is 5.96. The average Bonchev–Trinajstić information content (AvgIpc) is 3.19. The molecule has 2 aromatic rings. The second kappa shape index (κ2) is 4.63. The number of fused-ring (bicyclic) bond motifs is 1. The second-order valence-electron chi connectivity index (χ2n) is 5.96. The van der Waals surface area contributed by atoms with Crippen LogP contribution in [0.2, 0.25) is 0 Å². The molecule has 0 amide bonds. The molecule has 4 rings (SSSR count). The van der Waals surface area contributed by atoms with Crippen molar-refractivity contribution in [2.24, 2.45) is 0 Å². The SMILES string of the molecule is CC1=CCC(C2C(n3cccc3)=Cc3ccccc32)=C1C. The Morgan fingerprint density at radius 1 is 1.00 bits per heavy atom. The summed E-state index contributed by atoms with van der Waals surface area (Å²) < 4.78 is 2.26. The first-order chi connectivity index (χ1) is 10.3. The fraction of sp³-hybridized carbons (Fsp3) is 0.200. The molecule has 0 saturated heterocycles. The first-order valence-corrected chi connectivity index (χ1v) is 7.56. The Morgan fingerprint density at radius 2 is 1.76 bits per heavy atom. The van der Waals surface area contributed by atoms with Crippen LogP contribution in [0.3, 0.4) is 0 Å². The zero-order valence-corrected chi connectivity index (χ0v) is 12.5. The summed E-state index contributed by atoms with van der Waals surface area (Å²) in [5, 5.41) is 0. The summed E-state index contributed by atoms with van der Waals surface area (Å²) in [4.78, 5) is 0. The van der Waals surface area contributed by atoms with E-state index in [0.29, 0.717) is 5.92 Å². The zero-order valence-electron chi connectivity index (χ0n) is 12.5. The molecule has 0 radical (unpaired) electrons. The van der Waals surface area contributed by atoms with E-state index < -0.39 is 0 Å². The van der Waals surface area contributed by atoms with Crippen LogP contribution in [0.4, 0.5) is 0 Å². The monoisotopic (exact) mass is 273 g/mol. The maximum absolute atomic E-state index is 2.36. The van der Waals surface area contributed by atoms with Gasteiger partial charge in [-0.15, -0.1) is 0 Å². The van der Waals surface area contributed by atoms with Gasteiger partial charge in [-0.05, 0) is 60.8 Å². The number of allylic oxidation sites excluding steroid dienone is 5. The molecule has 1 unspecified atom stereocenters. The fourth-order valence-corrected chi connectivity index (χ4v) is 3.56. The van der Waals surface area contributed by atoms with Gasteiger partial charge in [-0.2, -0.15) is 0 Å². The molecule has 2 aliphatic carbocycles. The Bertz CT molecular complexity index is 785. The van der Waals surface area contributed by atoms with Crippen molar-refractivity contribution in [3.05, 3.63) is 82.7 Å². The molecule has 1 atom stereocenters. The van der Waals surface area contributed by atoms with Crippen molar-refractivity contribution in [2.75, 3.05) is 0 Å². The summed E-state index contributed by atoms with van der Waals surface area (Å²) in [6.45, 7) is 4.49. The van der Waals surface area contributed by atoms with Gasteiger partial charge in [0.25, 0.3) is 0 Å². The molecule has 0 aliphatic heterocycles. The predicted molar refractivity (Wildman–Crippen MR) is 88.9 cm³/mol. The van der Waals surface area contributed by atoms with Crippen molar-refractivity contribution in [1.29, 1.82) is 0 Å². The molecule has 1 nitrogen and oxygen atoms in total. The molecule has 0 fully saturated rings. The van der Waals surface area contributed by atoms with Crippen LogP contribution in [-0.4, -0.2) is 4.57 Å². The van der Waals surface area contributed by atoms with Crippen LogP contribution in [0.25, 0.3) is 11.8 Å². The molecule has 1 heterocycles. The van der Waals surface area contributed by atoms with Crippen molar-refractivity contribution in [1.82, 2.24) is 4.57 Å². The van der Waals surface area contributed by atoms with Crippen molar-refractivity contribution in [2.45, 2.75) is 26.2 Å². The van der Waals surface area contributed by atoms with E-state index in [2.05, 4.69) is 79.4 Å². The summed E-state index contributed by atoms with van der Waals surface area (Å²) >= 11 is 0. The number of hydrogen-bond acceptors (Lipinski definition) is 0.